The lowest BCUT2D eigenvalue weighted by Crippen LogP contribution is -2.26. The van der Waals surface area contributed by atoms with Gasteiger partial charge in [-0.15, -0.1) is 0 Å². The van der Waals surface area contributed by atoms with E-state index in [2.05, 4.69) is 4.98 Å². The van der Waals surface area contributed by atoms with Gasteiger partial charge in [0.15, 0.2) is 33.7 Å². The normalized spacial score (nSPS) is 12.1. The SMILES string of the molecule is O=S(=O)(NCc1cc2nc(Cl)ccc2o1)c1c(F)c(F)c(F)c(F)c1F. The molecule has 0 aliphatic rings. The van der Waals surface area contributed by atoms with Crippen LogP contribution in [0, 0.1) is 29.1 Å². The Morgan fingerprint density at radius 3 is 2.19 bits per heavy atom. The number of nitrogens with zero attached hydrogens (tertiary/aromatic N) is 1. The minimum absolute atomic E-state index is 0.0257. The maximum absolute atomic E-state index is 13.6. The summed E-state index contributed by atoms with van der Waals surface area (Å²) in [5.41, 5.74) is 0.530. The molecule has 0 aliphatic carbocycles. The molecule has 2 aromatic heterocycles. The van der Waals surface area contributed by atoms with Gasteiger partial charge in [0, 0.05) is 6.07 Å². The predicted molar refractivity (Wildman–Crippen MR) is 79.3 cm³/mol. The van der Waals surface area contributed by atoms with Gasteiger partial charge in [-0.25, -0.2) is 40.1 Å². The van der Waals surface area contributed by atoms with Gasteiger partial charge in [0.1, 0.15) is 16.4 Å². The third-order valence-corrected chi connectivity index (χ3v) is 4.90. The molecule has 12 heteroatoms. The first-order valence-electron chi connectivity index (χ1n) is 6.68. The fraction of sp³-hybridized carbons (Fsp3) is 0.0714. The van der Waals surface area contributed by atoms with Crippen molar-refractivity contribution in [3.63, 3.8) is 0 Å². The zero-order valence-electron chi connectivity index (χ0n) is 12.3. The monoisotopic (exact) mass is 412 g/mol. The molecule has 3 aromatic rings. The zero-order valence-corrected chi connectivity index (χ0v) is 13.9. The summed E-state index contributed by atoms with van der Waals surface area (Å²) in [7, 11) is -5.08. The van der Waals surface area contributed by atoms with Crippen LogP contribution in [0.25, 0.3) is 11.1 Å². The molecule has 0 atom stereocenters. The number of nitrogens with one attached hydrogen (secondary N) is 1. The Bertz CT molecular complexity index is 1100. The Morgan fingerprint density at radius 2 is 1.58 bits per heavy atom. The Hall–Kier alpha value is -2.24. The highest BCUT2D eigenvalue weighted by Crippen LogP contribution is 2.27. The number of fused-ring (bicyclic) bond motifs is 1. The van der Waals surface area contributed by atoms with Crippen molar-refractivity contribution in [3.05, 3.63) is 58.2 Å². The Balaban J connectivity index is 1.94. The summed E-state index contributed by atoms with van der Waals surface area (Å²) in [5.74, 6) is -12.2. The third-order valence-electron chi connectivity index (χ3n) is 3.27. The first-order valence-corrected chi connectivity index (χ1v) is 8.54. The molecule has 0 saturated carbocycles. The van der Waals surface area contributed by atoms with E-state index in [1.54, 1.807) is 4.72 Å². The topological polar surface area (TPSA) is 72.2 Å². The fourth-order valence-corrected chi connectivity index (χ4v) is 3.38. The van der Waals surface area contributed by atoms with E-state index in [0.717, 1.165) is 0 Å². The van der Waals surface area contributed by atoms with Gasteiger partial charge in [-0.1, -0.05) is 11.6 Å². The molecule has 0 bridgehead atoms. The second-order valence-electron chi connectivity index (χ2n) is 4.95. The number of rotatable bonds is 4. The number of furan rings is 1. The average Bonchev–Trinajstić information content (AvgIpc) is 2.98. The van der Waals surface area contributed by atoms with E-state index in [1.807, 2.05) is 0 Å². The predicted octanol–water partition coefficient (Wildman–Crippen LogP) is 3.66. The number of benzene rings is 1. The van der Waals surface area contributed by atoms with Crippen LogP contribution in [-0.4, -0.2) is 13.4 Å². The quantitative estimate of drug-likeness (QED) is 0.307. The number of hydrogen-bond acceptors (Lipinski definition) is 4. The van der Waals surface area contributed by atoms with Crippen LogP contribution < -0.4 is 4.72 Å². The summed E-state index contributed by atoms with van der Waals surface area (Å²) in [6, 6.07) is 4.16. The highest BCUT2D eigenvalue weighted by atomic mass is 35.5. The van der Waals surface area contributed by atoms with Crippen molar-refractivity contribution < 1.29 is 34.8 Å². The summed E-state index contributed by atoms with van der Waals surface area (Å²) in [6.45, 7) is -0.629. The van der Waals surface area contributed by atoms with E-state index in [-0.39, 0.29) is 22.0 Å². The summed E-state index contributed by atoms with van der Waals surface area (Å²) in [6.07, 6.45) is 0. The van der Waals surface area contributed by atoms with Crippen molar-refractivity contribution in [3.8, 4) is 0 Å². The molecule has 0 aliphatic heterocycles. The van der Waals surface area contributed by atoms with Gasteiger partial charge in [0.05, 0.1) is 6.54 Å². The third kappa shape index (κ3) is 3.13. The lowest BCUT2D eigenvalue weighted by Gasteiger charge is -2.09. The van der Waals surface area contributed by atoms with Crippen molar-refractivity contribution in [1.29, 1.82) is 0 Å². The number of pyridine rings is 1. The van der Waals surface area contributed by atoms with E-state index >= 15 is 0 Å². The standard InChI is InChI=1S/C14H6ClF5N2O3S/c15-8-2-1-7-6(22-8)3-5(25-7)4-21-26(23,24)14-12(19)10(17)9(16)11(18)13(14)20/h1-3,21H,4H2. The van der Waals surface area contributed by atoms with E-state index in [9.17, 15) is 30.4 Å². The van der Waals surface area contributed by atoms with E-state index in [1.165, 1.54) is 18.2 Å². The van der Waals surface area contributed by atoms with Crippen LogP contribution in [0.15, 0.2) is 27.5 Å². The molecule has 1 aromatic carbocycles. The van der Waals surface area contributed by atoms with Crippen LogP contribution in [-0.2, 0) is 16.6 Å². The number of aromatic nitrogens is 1. The van der Waals surface area contributed by atoms with Crippen LogP contribution in [0.5, 0.6) is 0 Å². The van der Waals surface area contributed by atoms with Crippen molar-refractivity contribution in [2.45, 2.75) is 11.4 Å². The molecule has 0 saturated heterocycles. The average molecular weight is 413 g/mol. The van der Waals surface area contributed by atoms with Gasteiger partial charge >= 0.3 is 0 Å². The highest BCUT2D eigenvalue weighted by molar-refractivity contribution is 7.89. The van der Waals surface area contributed by atoms with E-state index < -0.39 is 50.5 Å². The van der Waals surface area contributed by atoms with Gasteiger partial charge in [0.2, 0.25) is 15.8 Å². The smallest absolute Gasteiger partial charge is 0.247 e. The zero-order chi connectivity index (χ0) is 19.2. The molecule has 26 heavy (non-hydrogen) atoms. The Kier molecular flexibility index (Phi) is 4.63. The summed E-state index contributed by atoms with van der Waals surface area (Å²) in [4.78, 5) is 1.91. The van der Waals surface area contributed by atoms with Gasteiger partial charge < -0.3 is 4.42 Å². The molecular formula is C14H6ClF5N2O3S. The molecule has 138 valence electrons. The second-order valence-corrected chi connectivity index (χ2v) is 7.04. The van der Waals surface area contributed by atoms with Gasteiger partial charge in [-0.2, -0.15) is 0 Å². The molecular weight excluding hydrogens is 407 g/mol. The Morgan fingerprint density at radius 1 is 1.00 bits per heavy atom. The van der Waals surface area contributed by atoms with Crippen LogP contribution in [0.1, 0.15) is 5.76 Å². The Labute approximate surface area is 147 Å². The lowest BCUT2D eigenvalue weighted by atomic mass is 10.3. The van der Waals surface area contributed by atoms with Crippen LogP contribution in [0.2, 0.25) is 5.15 Å². The van der Waals surface area contributed by atoms with Crippen molar-refractivity contribution in [2.24, 2.45) is 0 Å². The number of hydrogen-bond donors (Lipinski definition) is 1. The summed E-state index contributed by atoms with van der Waals surface area (Å²) >= 11 is 5.69. The van der Waals surface area contributed by atoms with Gasteiger partial charge in [-0.05, 0) is 12.1 Å². The van der Waals surface area contributed by atoms with Crippen molar-refractivity contribution in [2.75, 3.05) is 0 Å². The van der Waals surface area contributed by atoms with Crippen molar-refractivity contribution in [1.82, 2.24) is 9.71 Å². The summed E-state index contributed by atoms with van der Waals surface area (Å²) in [5, 5.41) is 0.145. The molecule has 3 rings (SSSR count). The molecule has 0 fully saturated rings. The fourth-order valence-electron chi connectivity index (χ4n) is 2.10. The molecule has 5 nitrogen and oxygen atoms in total. The van der Waals surface area contributed by atoms with Crippen molar-refractivity contribution >= 4 is 32.7 Å². The first-order chi connectivity index (χ1) is 12.1. The first kappa shape index (κ1) is 18.5. The maximum Gasteiger partial charge on any atom is 0.247 e. The molecule has 1 N–H and O–H groups in total. The molecule has 0 amide bonds. The maximum atomic E-state index is 13.6. The van der Waals surface area contributed by atoms with Gasteiger partial charge in [-0.3, -0.25) is 0 Å². The summed E-state index contributed by atoms with van der Waals surface area (Å²) < 4.78 is 97.6. The second kappa shape index (κ2) is 6.49. The lowest BCUT2D eigenvalue weighted by molar-refractivity contribution is 0.357. The van der Waals surface area contributed by atoms with Crippen LogP contribution >= 0.6 is 11.6 Å². The molecule has 2 heterocycles. The molecule has 0 unspecified atom stereocenters. The van der Waals surface area contributed by atoms with Crippen LogP contribution in [0.3, 0.4) is 0 Å². The number of halogens is 6. The van der Waals surface area contributed by atoms with E-state index in [4.69, 9.17) is 16.0 Å². The minimum atomic E-state index is -5.08. The highest BCUT2D eigenvalue weighted by Gasteiger charge is 2.33. The largest absolute Gasteiger partial charge is 0.458 e. The van der Waals surface area contributed by atoms with E-state index in [0.29, 0.717) is 0 Å². The molecule has 0 spiro atoms. The van der Waals surface area contributed by atoms with Gasteiger partial charge in [0.25, 0.3) is 0 Å². The van der Waals surface area contributed by atoms with Crippen LogP contribution in [0.4, 0.5) is 22.0 Å². The number of sulfonamides is 1. The minimum Gasteiger partial charge on any atom is -0.458 e. The molecule has 0 radical (unpaired) electrons.